The first-order chi connectivity index (χ1) is 20.7. The standard InChI is InChI=1S/C40H28N2/c1-27-11-13-28(14-12-27)29-15-16-31-24-32(18-17-30(31)23-29)33-19-20-35-26-36(22-21-34(35)25-33)40-41-38-9-5-6-10-39(38)42(40)37-7-3-2-4-8-37/h2-26H,1H3. The van der Waals surface area contributed by atoms with Gasteiger partial charge in [0.25, 0.3) is 0 Å². The van der Waals surface area contributed by atoms with Gasteiger partial charge >= 0.3 is 0 Å². The number of aromatic nitrogens is 2. The molecule has 0 bridgehead atoms. The van der Waals surface area contributed by atoms with Crippen LogP contribution >= 0.6 is 0 Å². The van der Waals surface area contributed by atoms with Gasteiger partial charge in [-0.05, 0) is 99.3 Å². The zero-order valence-electron chi connectivity index (χ0n) is 23.3. The highest BCUT2D eigenvalue weighted by Gasteiger charge is 2.14. The maximum absolute atomic E-state index is 5.05. The fraction of sp³-hybridized carbons (Fsp3) is 0.0250. The van der Waals surface area contributed by atoms with Crippen molar-refractivity contribution < 1.29 is 0 Å². The summed E-state index contributed by atoms with van der Waals surface area (Å²) >= 11 is 0. The maximum atomic E-state index is 5.05. The Morgan fingerprint density at radius 3 is 1.52 bits per heavy atom. The Morgan fingerprint density at radius 2 is 0.905 bits per heavy atom. The zero-order chi connectivity index (χ0) is 28.0. The first kappa shape index (κ1) is 24.3. The number of benzene rings is 7. The molecule has 2 nitrogen and oxygen atoms in total. The highest BCUT2D eigenvalue weighted by molar-refractivity contribution is 5.94. The molecule has 0 spiro atoms. The average molecular weight is 537 g/mol. The molecule has 7 aromatic carbocycles. The van der Waals surface area contributed by atoms with Crippen LogP contribution in [0.15, 0.2) is 152 Å². The predicted octanol–water partition coefficient (Wildman–Crippen LogP) is 10.6. The molecule has 0 fully saturated rings. The largest absolute Gasteiger partial charge is 0.292 e. The minimum atomic E-state index is 0.952. The van der Waals surface area contributed by atoms with Crippen LogP contribution in [0.4, 0.5) is 0 Å². The van der Waals surface area contributed by atoms with Crippen LogP contribution in [0.2, 0.25) is 0 Å². The molecular formula is C40H28N2. The van der Waals surface area contributed by atoms with E-state index in [-0.39, 0.29) is 0 Å². The molecule has 1 heterocycles. The van der Waals surface area contributed by atoms with Crippen LogP contribution in [-0.4, -0.2) is 9.55 Å². The Balaban J connectivity index is 1.16. The van der Waals surface area contributed by atoms with Gasteiger partial charge in [0, 0.05) is 11.3 Å². The van der Waals surface area contributed by atoms with Crippen molar-refractivity contribution in [2.75, 3.05) is 0 Å². The first-order valence-corrected chi connectivity index (χ1v) is 14.4. The summed E-state index contributed by atoms with van der Waals surface area (Å²) in [6.07, 6.45) is 0. The molecule has 0 radical (unpaired) electrons. The molecule has 198 valence electrons. The molecule has 1 aromatic heterocycles. The monoisotopic (exact) mass is 536 g/mol. The quantitative estimate of drug-likeness (QED) is 0.219. The van der Waals surface area contributed by atoms with E-state index in [0.29, 0.717) is 0 Å². The average Bonchev–Trinajstić information content (AvgIpc) is 3.44. The van der Waals surface area contributed by atoms with E-state index in [9.17, 15) is 0 Å². The van der Waals surface area contributed by atoms with E-state index < -0.39 is 0 Å². The molecule has 0 aliphatic rings. The van der Waals surface area contributed by atoms with Crippen molar-refractivity contribution in [3.05, 3.63) is 157 Å². The van der Waals surface area contributed by atoms with Gasteiger partial charge in [0.05, 0.1) is 11.0 Å². The van der Waals surface area contributed by atoms with Crippen molar-refractivity contribution in [1.82, 2.24) is 9.55 Å². The van der Waals surface area contributed by atoms with Gasteiger partial charge in [0.1, 0.15) is 5.82 Å². The molecule has 0 saturated heterocycles. The van der Waals surface area contributed by atoms with Gasteiger partial charge in [-0.3, -0.25) is 4.57 Å². The second kappa shape index (κ2) is 9.87. The molecular weight excluding hydrogens is 508 g/mol. The van der Waals surface area contributed by atoms with Crippen molar-refractivity contribution in [2.45, 2.75) is 6.92 Å². The van der Waals surface area contributed by atoms with Crippen molar-refractivity contribution in [3.63, 3.8) is 0 Å². The van der Waals surface area contributed by atoms with Crippen LogP contribution in [0.5, 0.6) is 0 Å². The van der Waals surface area contributed by atoms with Gasteiger partial charge in [0.15, 0.2) is 0 Å². The number of nitrogens with zero attached hydrogens (tertiary/aromatic N) is 2. The number of rotatable bonds is 4. The van der Waals surface area contributed by atoms with E-state index in [2.05, 4.69) is 151 Å². The van der Waals surface area contributed by atoms with Gasteiger partial charge in [-0.25, -0.2) is 4.98 Å². The Morgan fingerprint density at radius 1 is 0.429 bits per heavy atom. The van der Waals surface area contributed by atoms with Crippen LogP contribution in [0.25, 0.3) is 71.9 Å². The minimum absolute atomic E-state index is 0.952. The fourth-order valence-electron chi connectivity index (χ4n) is 5.97. The van der Waals surface area contributed by atoms with E-state index in [1.54, 1.807) is 0 Å². The summed E-state index contributed by atoms with van der Waals surface area (Å²) in [6.45, 7) is 2.13. The van der Waals surface area contributed by atoms with Crippen LogP contribution in [-0.2, 0) is 0 Å². The Bertz CT molecular complexity index is 2240. The summed E-state index contributed by atoms with van der Waals surface area (Å²) in [5.74, 6) is 0.952. The third-order valence-electron chi connectivity index (χ3n) is 8.23. The molecule has 0 saturated carbocycles. The highest BCUT2D eigenvalue weighted by Crippen LogP contribution is 2.33. The Hall–Kier alpha value is -5.47. The minimum Gasteiger partial charge on any atom is -0.292 e. The van der Waals surface area contributed by atoms with Gasteiger partial charge in [0.2, 0.25) is 0 Å². The Kier molecular flexibility index (Phi) is 5.72. The lowest BCUT2D eigenvalue weighted by Crippen LogP contribution is -1.97. The van der Waals surface area contributed by atoms with Gasteiger partial charge in [-0.2, -0.15) is 0 Å². The summed E-state index contributed by atoms with van der Waals surface area (Å²) in [4.78, 5) is 5.05. The number of hydrogen-bond acceptors (Lipinski definition) is 1. The van der Waals surface area contributed by atoms with Crippen LogP contribution in [0.1, 0.15) is 5.56 Å². The van der Waals surface area contributed by atoms with Gasteiger partial charge in [-0.15, -0.1) is 0 Å². The molecule has 0 N–H and O–H groups in total. The SMILES string of the molecule is Cc1ccc(-c2ccc3cc(-c4ccc5cc(-c6nc7ccccc7n6-c6ccccc6)ccc5c4)ccc3c2)cc1. The topological polar surface area (TPSA) is 17.8 Å². The normalized spacial score (nSPS) is 11.5. The maximum Gasteiger partial charge on any atom is 0.145 e. The van der Waals surface area contributed by atoms with E-state index in [1.807, 2.05) is 12.1 Å². The molecule has 42 heavy (non-hydrogen) atoms. The molecule has 2 heteroatoms. The Labute approximate surface area is 245 Å². The fourth-order valence-corrected chi connectivity index (χ4v) is 5.97. The van der Waals surface area contributed by atoms with E-state index in [0.717, 1.165) is 28.1 Å². The third kappa shape index (κ3) is 4.25. The summed E-state index contributed by atoms with van der Waals surface area (Å²) < 4.78 is 2.25. The lowest BCUT2D eigenvalue weighted by molar-refractivity contribution is 1.10. The molecule has 0 aliphatic carbocycles. The predicted molar refractivity (Wildman–Crippen MR) is 177 cm³/mol. The van der Waals surface area contributed by atoms with E-state index in [4.69, 9.17) is 4.98 Å². The number of hydrogen-bond donors (Lipinski definition) is 0. The van der Waals surface area contributed by atoms with Gasteiger partial charge in [-0.1, -0.05) is 109 Å². The van der Waals surface area contributed by atoms with Gasteiger partial charge < -0.3 is 0 Å². The second-order valence-corrected chi connectivity index (χ2v) is 11.0. The highest BCUT2D eigenvalue weighted by atomic mass is 15.1. The number of aryl methyl sites for hydroxylation is 1. The zero-order valence-corrected chi connectivity index (χ0v) is 23.3. The molecule has 0 aliphatic heterocycles. The summed E-state index contributed by atoms with van der Waals surface area (Å²) in [6, 6.07) is 54.5. The molecule has 0 amide bonds. The van der Waals surface area contributed by atoms with Crippen molar-refractivity contribution in [1.29, 1.82) is 0 Å². The van der Waals surface area contributed by atoms with Crippen LogP contribution in [0.3, 0.4) is 0 Å². The lowest BCUT2D eigenvalue weighted by Gasteiger charge is -2.11. The number of para-hydroxylation sites is 3. The molecule has 0 atom stereocenters. The van der Waals surface area contributed by atoms with Crippen molar-refractivity contribution in [3.8, 4) is 39.3 Å². The molecule has 8 aromatic rings. The third-order valence-corrected chi connectivity index (χ3v) is 8.23. The smallest absolute Gasteiger partial charge is 0.145 e. The summed E-state index contributed by atoms with van der Waals surface area (Å²) in [7, 11) is 0. The van der Waals surface area contributed by atoms with Crippen LogP contribution in [0, 0.1) is 6.92 Å². The van der Waals surface area contributed by atoms with E-state index >= 15 is 0 Å². The molecule has 8 rings (SSSR count). The summed E-state index contributed by atoms with van der Waals surface area (Å²) in [5, 5.41) is 4.92. The molecule has 0 unspecified atom stereocenters. The van der Waals surface area contributed by atoms with Crippen molar-refractivity contribution in [2.24, 2.45) is 0 Å². The number of fused-ring (bicyclic) bond motifs is 3. The first-order valence-electron chi connectivity index (χ1n) is 14.4. The number of imidazole rings is 1. The summed E-state index contributed by atoms with van der Waals surface area (Å²) in [5.41, 5.74) is 10.5. The van der Waals surface area contributed by atoms with Crippen molar-refractivity contribution >= 4 is 32.6 Å². The van der Waals surface area contributed by atoms with E-state index in [1.165, 1.54) is 49.4 Å². The lowest BCUT2D eigenvalue weighted by atomic mass is 9.96. The van der Waals surface area contributed by atoms with Crippen LogP contribution < -0.4 is 0 Å². The second-order valence-electron chi connectivity index (χ2n) is 11.0.